The maximum atomic E-state index is 12.6. The summed E-state index contributed by atoms with van der Waals surface area (Å²) in [6.45, 7) is -1.45. The lowest BCUT2D eigenvalue weighted by atomic mass is 9.75. The Kier molecular flexibility index (Phi) is 6.95. The molecule has 14 heteroatoms. The summed E-state index contributed by atoms with van der Waals surface area (Å²) in [5.41, 5.74) is -4.15. The van der Waals surface area contributed by atoms with Gasteiger partial charge in [0.1, 0.15) is 72.6 Å². The van der Waals surface area contributed by atoms with E-state index < -0.39 is 103 Å². The molecule has 2 saturated heterocycles. The van der Waals surface area contributed by atoms with Crippen LogP contribution in [0.25, 0.3) is 0 Å². The van der Waals surface area contributed by atoms with Gasteiger partial charge in [0.15, 0.2) is 0 Å². The van der Waals surface area contributed by atoms with E-state index in [-0.39, 0.29) is 0 Å². The molecule has 0 aromatic rings. The molecule has 32 heavy (non-hydrogen) atoms. The molecule has 0 aromatic carbocycles. The minimum atomic E-state index is -3.21. The Balaban J connectivity index is 2.03. The highest BCUT2D eigenvalue weighted by molar-refractivity contribution is 6.02. The second-order valence-electron chi connectivity index (χ2n) is 7.96. The van der Waals surface area contributed by atoms with E-state index in [0.717, 1.165) is 0 Å². The molecule has 11 unspecified atom stereocenters. The third kappa shape index (κ3) is 3.72. The summed E-state index contributed by atoms with van der Waals surface area (Å²) in [6, 6.07) is 0. The fraction of sp³-hybridized carbons (Fsp3) is 0.722. The number of carbonyl (C=O) groups is 1. The van der Waals surface area contributed by atoms with E-state index in [0.29, 0.717) is 6.08 Å². The summed E-state index contributed by atoms with van der Waals surface area (Å²) in [7, 11) is 0. The fourth-order valence-electron chi connectivity index (χ4n) is 4.04. The smallest absolute Gasteiger partial charge is 0.213 e. The minimum absolute atomic E-state index is 0.375. The van der Waals surface area contributed by atoms with Crippen LogP contribution in [0.15, 0.2) is 23.2 Å². The van der Waals surface area contributed by atoms with Gasteiger partial charge in [0.05, 0.1) is 18.8 Å². The van der Waals surface area contributed by atoms with Crippen LogP contribution in [0.2, 0.25) is 0 Å². The maximum Gasteiger partial charge on any atom is 0.213 e. The Morgan fingerprint density at radius 2 is 1.62 bits per heavy atom. The first-order chi connectivity index (χ1) is 14.9. The van der Waals surface area contributed by atoms with Crippen molar-refractivity contribution in [2.24, 2.45) is 0 Å². The average Bonchev–Trinajstić information content (AvgIpc) is 2.74. The molecule has 0 radical (unpaired) electrons. The molecule has 0 bridgehead atoms. The van der Waals surface area contributed by atoms with Gasteiger partial charge in [-0.1, -0.05) is 0 Å². The van der Waals surface area contributed by atoms with Crippen LogP contribution < -0.4 is 0 Å². The quantitative estimate of drug-likeness (QED) is 0.184. The van der Waals surface area contributed by atoms with Crippen LogP contribution in [-0.2, 0) is 14.3 Å². The molecule has 0 spiro atoms. The normalized spacial score (nSPS) is 46.7. The van der Waals surface area contributed by atoms with E-state index in [2.05, 4.69) is 0 Å². The van der Waals surface area contributed by atoms with Crippen molar-refractivity contribution in [2.45, 2.75) is 66.6 Å². The summed E-state index contributed by atoms with van der Waals surface area (Å²) in [4.78, 5) is 12.6. The van der Waals surface area contributed by atoms with E-state index in [1.54, 1.807) is 0 Å². The Hall–Kier alpha value is -1.69. The van der Waals surface area contributed by atoms with E-state index in [4.69, 9.17) is 9.47 Å². The van der Waals surface area contributed by atoms with Crippen molar-refractivity contribution in [1.29, 1.82) is 0 Å². The molecule has 11 N–H and O–H groups in total. The topological polar surface area (TPSA) is 258 Å². The zero-order valence-corrected chi connectivity index (χ0v) is 16.4. The standard InChI is InChI=1S/C18H26O14/c19-2-6-10(24)12(26)14(28)17(32-6)18(30)7(22)1-4(20)8(16(18)29)11(25)15-13(27)9(23)5(21)3-31-15/h1,5-6,9-15,17,19-21,23-30H,2-3H2. The number of rotatable bonds is 4. The maximum absolute atomic E-state index is 12.6. The molecule has 2 aliphatic heterocycles. The summed E-state index contributed by atoms with van der Waals surface area (Å²) >= 11 is 0. The lowest BCUT2D eigenvalue weighted by Gasteiger charge is -2.47. The number of ketones is 1. The molecule has 2 heterocycles. The van der Waals surface area contributed by atoms with Crippen LogP contribution in [0.1, 0.15) is 0 Å². The van der Waals surface area contributed by atoms with Gasteiger partial charge < -0.3 is 65.6 Å². The summed E-state index contributed by atoms with van der Waals surface area (Å²) in [6.07, 6.45) is -18.5. The fourth-order valence-corrected chi connectivity index (χ4v) is 4.04. The van der Waals surface area contributed by atoms with Crippen LogP contribution in [0.3, 0.4) is 0 Å². The summed E-state index contributed by atoms with van der Waals surface area (Å²) < 4.78 is 10.2. The Morgan fingerprint density at radius 1 is 1.00 bits per heavy atom. The van der Waals surface area contributed by atoms with Crippen LogP contribution in [0.5, 0.6) is 0 Å². The van der Waals surface area contributed by atoms with Gasteiger partial charge in [-0.2, -0.15) is 0 Å². The molecule has 3 rings (SSSR count). The van der Waals surface area contributed by atoms with E-state index in [1.807, 2.05) is 0 Å². The molecule has 3 aliphatic rings. The summed E-state index contributed by atoms with van der Waals surface area (Å²) in [5.74, 6) is -3.92. The Labute approximate surface area is 180 Å². The predicted octanol–water partition coefficient (Wildman–Crippen LogP) is -5.76. The number of aliphatic hydroxyl groups excluding tert-OH is 10. The first-order valence-electron chi connectivity index (χ1n) is 9.63. The van der Waals surface area contributed by atoms with E-state index in [1.165, 1.54) is 0 Å². The van der Waals surface area contributed by atoms with Crippen molar-refractivity contribution in [3.8, 4) is 0 Å². The zero-order chi connectivity index (χ0) is 24.1. The van der Waals surface area contributed by atoms with Crippen molar-refractivity contribution in [3.63, 3.8) is 0 Å². The number of hydrogen-bond acceptors (Lipinski definition) is 14. The van der Waals surface area contributed by atoms with Gasteiger partial charge in [0, 0.05) is 6.08 Å². The molecule has 0 aromatic heterocycles. The molecule has 11 atom stereocenters. The predicted molar refractivity (Wildman–Crippen MR) is 97.9 cm³/mol. The van der Waals surface area contributed by atoms with Gasteiger partial charge in [0.2, 0.25) is 11.4 Å². The van der Waals surface area contributed by atoms with Crippen LogP contribution in [0, 0.1) is 0 Å². The lowest BCUT2D eigenvalue weighted by Crippen LogP contribution is -2.68. The molecule has 182 valence electrons. The number of ether oxygens (including phenoxy) is 2. The highest BCUT2D eigenvalue weighted by atomic mass is 16.6. The number of carbonyl (C=O) groups excluding carboxylic acids is 1. The van der Waals surface area contributed by atoms with Gasteiger partial charge in [-0.3, -0.25) is 4.79 Å². The minimum Gasteiger partial charge on any atom is -0.508 e. The van der Waals surface area contributed by atoms with Gasteiger partial charge >= 0.3 is 0 Å². The van der Waals surface area contributed by atoms with Crippen molar-refractivity contribution in [1.82, 2.24) is 0 Å². The van der Waals surface area contributed by atoms with Crippen molar-refractivity contribution in [3.05, 3.63) is 23.2 Å². The van der Waals surface area contributed by atoms with Gasteiger partial charge in [-0.25, -0.2) is 0 Å². The molecule has 0 saturated carbocycles. The van der Waals surface area contributed by atoms with Gasteiger partial charge in [-0.05, 0) is 0 Å². The van der Waals surface area contributed by atoms with Crippen molar-refractivity contribution < 1.29 is 70.4 Å². The highest BCUT2D eigenvalue weighted by Crippen LogP contribution is 2.40. The van der Waals surface area contributed by atoms with Crippen molar-refractivity contribution in [2.75, 3.05) is 13.2 Å². The molecular formula is C18H26O14. The zero-order valence-electron chi connectivity index (χ0n) is 16.4. The first-order valence-corrected chi connectivity index (χ1v) is 9.63. The Bertz CT molecular complexity index is 795. The largest absolute Gasteiger partial charge is 0.508 e. The lowest BCUT2D eigenvalue weighted by molar-refractivity contribution is -0.263. The van der Waals surface area contributed by atoms with E-state index in [9.17, 15) is 61.0 Å². The summed E-state index contributed by atoms with van der Waals surface area (Å²) in [5, 5.41) is 112. The highest BCUT2D eigenvalue weighted by Gasteiger charge is 2.60. The van der Waals surface area contributed by atoms with E-state index >= 15 is 0 Å². The number of hydrogen-bond donors (Lipinski definition) is 11. The SMILES string of the molecule is O=C1C=C(O)C(C(O)C2OCC(O)C(O)C2O)=C(O)C1(O)C1OC(CO)C(O)C(O)C1O. The number of aliphatic hydroxyl groups is 11. The second kappa shape index (κ2) is 8.92. The molecule has 2 fully saturated rings. The third-order valence-electron chi connectivity index (χ3n) is 5.99. The van der Waals surface area contributed by atoms with Gasteiger partial charge in [0.25, 0.3) is 0 Å². The average molecular weight is 466 g/mol. The Morgan fingerprint density at radius 3 is 2.22 bits per heavy atom. The van der Waals surface area contributed by atoms with Crippen LogP contribution >= 0.6 is 0 Å². The molecular weight excluding hydrogens is 440 g/mol. The first kappa shape index (κ1) is 24.9. The molecule has 14 nitrogen and oxygen atoms in total. The third-order valence-corrected chi connectivity index (χ3v) is 5.99. The second-order valence-corrected chi connectivity index (χ2v) is 7.96. The monoisotopic (exact) mass is 466 g/mol. The van der Waals surface area contributed by atoms with Crippen LogP contribution in [0.4, 0.5) is 0 Å². The molecule has 0 amide bonds. The van der Waals surface area contributed by atoms with Crippen molar-refractivity contribution >= 4 is 5.78 Å². The van der Waals surface area contributed by atoms with Gasteiger partial charge in [-0.15, -0.1) is 0 Å². The molecule has 1 aliphatic carbocycles. The van der Waals surface area contributed by atoms with Crippen LogP contribution in [-0.4, -0.2) is 142 Å².